The summed E-state index contributed by atoms with van der Waals surface area (Å²) in [6, 6.07) is 12.7. The van der Waals surface area contributed by atoms with Gasteiger partial charge in [-0.15, -0.1) is 0 Å². The monoisotopic (exact) mass is 368 g/mol. The number of hydrogen-bond donors (Lipinski definition) is 1. The van der Waals surface area contributed by atoms with Gasteiger partial charge in [0, 0.05) is 12.7 Å². The van der Waals surface area contributed by atoms with Crippen molar-refractivity contribution in [2.45, 2.75) is 20.8 Å². The molecule has 2 rings (SSSR count). The number of amides is 2. The van der Waals surface area contributed by atoms with Crippen LogP contribution in [0.5, 0.6) is 0 Å². The van der Waals surface area contributed by atoms with Crippen LogP contribution in [0.1, 0.15) is 27.0 Å². The van der Waals surface area contributed by atoms with Gasteiger partial charge in [-0.1, -0.05) is 30.3 Å². The number of nitrogens with one attached hydrogen (secondary N) is 1. The number of rotatable bonds is 6. The molecule has 0 saturated heterocycles. The van der Waals surface area contributed by atoms with Gasteiger partial charge < -0.3 is 15.0 Å². The molecule has 2 amide bonds. The highest BCUT2D eigenvalue weighted by molar-refractivity contribution is 5.96. The summed E-state index contributed by atoms with van der Waals surface area (Å²) in [5, 5.41) is 2.79. The van der Waals surface area contributed by atoms with Crippen LogP contribution in [-0.2, 0) is 14.3 Å². The van der Waals surface area contributed by atoms with Crippen LogP contribution in [0, 0.1) is 20.8 Å². The predicted octanol–water partition coefficient (Wildman–Crippen LogP) is 2.87. The summed E-state index contributed by atoms with van der Waals surface area (Å²) in [7, 11) is 1.49. The lowest BCUT2D eigenvalue weighted by molar-refractivity contribution is -0.136. The first-order chi connectivity index (χ1) is 12.8. The van der Waals surface area contributed by atoms with Crippen LogP contribution in [-0.4, -0.2) is 42.9 Å². The standard InChI is InChI=1S/C21H24N2O4/c1-14-9-10-16(3)18(11-14)22-19(24)12-23(4)20(25)13-27-21(26)17-8-6-5-7-15(17)2/h5-11H,12-13H2,1-4H3,(H,22,24). The highest BCUT2D eigenvalue weighted by Gasteiger charge is 2.17. The molecular weight excluding hydrogens is 344 g/mol. The molecule has 0 bridgehead atoms. The molecule has 0 radical (unpaired) electrons. The summed E-state index contributed by atoms with van der Waals surface area (Å²) in [6.07, 6.45) is 0. The molecule has 0 spiro atoms. The van der Waals surface area contributed by atoms with E-state index in [-0.39, 0.29) is 12.5 Å². The number of ether oxygens (including phenoxy) is 1. The lowest BCUT2D eigenvalue weighted by Gasteiger charge is -2.17. The predicted molar refractivity (Wildman–Crippen MR) is 104 cm³/mol. The molecule has 0 fully saturated rings. The van der Waals surface area contributed by atoms with E-state index in [2.05, 4.69) is 5.32 Å². The molecule has 0 unspecified atom stereocenters. The summed E-state index contributed by atoms with van der Waals surface area (Å²) < 4.78 is 5.06. The third kappa shape index (κ3) is 5.67. The number of esters is 1. The summed E-state index contributed by atoms with van der Waals surface area (Å²) in [5.41, 5.74) is 3.88. The van der Waals surface area contributed by atoms with E-state index in [9.17, 15) is 14.4 Å². The Labute approximate surface area is 159 Å². The summed E-state index contributed by atoms with van der Waals surface area (Å²) in [4.78, 5) is 37.6. The van der Waals surface area contributed by atoms with Crippen molar-refractivity contribution in [2.75, 3.05) is 25.5 Å². The van der Waals surface area contributed by atoms with Crippen LogP contribution in [0.3, 0.4) is 0 Å². The van der Waals surface area contributed by atoms with Crippen molar-refractivity contribution in [2.24, 2.45) is 0 Å². The van der Waals surface area contributed by atoms with E-state index < -0.39 is 18.5 Å². The number of carbonyl (C=O) groups is 3. The molecule has 27 heavy (non-hydrogen) atoms. The Kier molecular flexibility index (Phi) is 6.71. The number of benzene rings is 2. The van der Waals surface area contributed by atoms with Crippen molar-refractivity contribution in [3.63, 3.8) is 0 Å². The Bertz CT molecular complexity index is 861. The lowest BCUT2D eigenvalue weighted by Crippen LogP contribution is -2.37. The molecule has 0 heterocycles. The first-order valence-electron chi connectivity index (χ1n) is 8.61. The van der Waals surface area contributed by atoms with Gasteiger partial charge >= 0.3 is 5.97 Å². The fourth-order valence-electron chi connectivity index (χ4n) is 2.48. The van der Waals surface area contributed by atoms with Crippen LogP contribution in [0.2, 0.25) is 0 Å². The van der Waals surface area contributed by atoms with Crippen LogP contribution in [0.4, 0.5) is 5.69 Å². The number of hydrogen-bond acceptors (Lipinski definition) is 4. The molecular formula is C21H24N2O4. The minimum absolute atomic E-state index is 0.131. The minimum Gasteiger partial charge on any atom is -0.452 e. The van der Waals surface area contributed by atoms with Gasteiger partial charge in [-0.05, 0) is 49.6 Å². The Morgan fingerprint density at radius 2 is 1.70 bits per heavy atom. The fourth-order valence-corrected chi connectivity index (χ4v) is 2.48. The van der Waals surface area contributed by atoms with Gasteiger partial charge in [0.05, 0.1) is 12.1 Å². The molecule has 0 atom stereocenters. The second-order valence-electron chi connectivity index (χ2n) is 6.51. The first kappa shape index (κ1) is 20.2. The molecule has 0 aliphatic rings. The normalized spacial score (nSPS) is 10.2. The van der Waals surface area contributed by atoms with Crippen molar-refractivity contribution < 1.29 is 19.1 Å². The Morgan fingerprint density at radius 1 is 1.00 bits per heavy atom. The van der Waals surface area contributed by atoms with Crippen LogP contribution in [0.25, 0.3) is 0 Å². The smallest absolute Gasteiger partial charge is 0.338 e. The molecule has 1 N–H and O–H groups in total. The molecule has 2 aromatic rings. The lowest BCUT2D eigenvalue weighted by atomic mass is 10.1. The van der Waals surface area contributed by atoms with E-state index in [1.165, 1.54) is 11.9 Å². The maximum absolute atomic E-state index is 12.2. The van der Waals surface area contributed by atoms with Gasteiger partial charge in [-0.3, -0.25) is 9.59 Å². The van der Waals surface area contributed by atoms with Gasteiger partial charge in [-0.25, -0.2) is 4.79 Å². The van der Waals surface area contributed by atoms with E-state index in [1.807, 2.05) is 38.1 Å². The van der Waals surface area contributed by atoms with Gasteiger partial charge in [0.2, 0.25) is 5.91 Å². The van der Waals surface area contributed by atoms with Crippen molar-refractivity contribution in [1.29, 1.82) is 0 Å². The number of carbonyl (C=O) groups excluding carboxylic acids is 3. The number of anilines is 1. The SMILES string of the molecule is Cc1ccc(C)c(NC(=O)CN(C)C(=O)COC(=O)c2ccccc2C)c1. The van der Waals surface area contributed by atoms with Crippen molar-refractivity contribution in [3.8, 4) is 0 Å². The summed E-state index contributed by atoms with van der Waals surface area (Å²) in [6.45, 7) is 5.08. The maximum Gasteiger partial charge on any atom is 0.338 e. The Morgan fingerprint density at radius 3 is 2.41 bits per heavy atom. The van der Waals surface area contributed by atoms with E-state index in [4.69, 9.17) is 4.74 Å². The number of likely N-dealkylation sites (N-methyl/N-ethyl adjacent to an activating group) is 1. The Hall–Kier alpha value is -3.15. The minimum atomic E-state index is -0.560. The highest BCUT2D eigenvalue weighted by Crippen LogP contribution is 2.16. The molecule has 0 aliphatic carbocycles. The summed E-state index contributed by atoms with van der Waals surface area (Å²) in [5.74, 6) is -1.33. The average Bonchev–Trinajstić information content (AvgIpc) is 2.62. The molecule has 0 saturated carbocycles. The van der Waals surface area contributed by atoms with Crippen LogP contribution >= 0.6 is 0 Å². The zero-order valence-corrected chi connectivity index (χ0v) is 16.0. The zero-order chi connectivity index (χ0) is 20.0. The molecule has 6 heteroatoms. The highest BCUT2D eigenvalue weighted by atomic mass is 16.5. The van der Waals surface area contributed by atoms with E-state index in [1.54, 1.807) is 25.1 Å². The topological polar surface area (TPSA) is 75.7 Å². The van der Waals surface area contributed by atoms with E-state index in [0.29, 0.717) is 11.3 Å². The average molecular weight is 368 g/mol. The van der Waals surface area contributed by atoms with Gasteiger partial charge in [0.1, 0.15) is 0 Å². The number of aryl methyl sites for hydroxylation is 3. The van der Waals surface area contributed by atoms with E-state index in [0.717, 1.165) is 16.7 Å². The first-order valence-corrected chi connectivity index (χ1v) is 8.61. The van der Waals surface area contributed by atoms with Gasteiger partial charge in [0.25, 0.3) is 5.91 Å². The van der Waals surface area contributed by atoms with Crippen LogP contribution < -0.4 is 5.32 Å². The third-order valence-electron chi connectivity index (χ3n) is 4.17. The largest absolute Gasteiger partial charge is 0.452 e. The van der Waals surface area contributed by atoms with Crippen molar-refractivity contribution in [3.05, 3.63) is 64.7 Å². The molecule has 0 aliphatic heterocycles. The molecule has 0 aromatic heterocycles. The van der Waals surface area contributed by atoms with Gasteiger partial charge in [-0.2, -0.15) is 0 Å². The zero-order valence-electron chi connectivity index (χ0n) is 16.0. The second kappa shape index (κ2) is 8.98. The fraction of sp³-hybridized carbons (Fsp3) is 0.286. The van der Waals surface area contributed by atoms with Gasteiger partial charge in [0.15, 0.2) is 6.61 Å². The van der Waals surface area contributed by atoms with Crippen molar-refractivity contribution in [1.82, 2.24) is 4.90 Å². The quantitative estimate of drug-likeness (QED) is 0.796. The molecule has 2 aromatic carbocycles. The van der Waals surface area contributed by atoms with E-state index >= 15 is 0 Å². The number of nitrogens with zero attached hydrogens (tertiary/aromatic N) is 1. The second-order valence-corrected chi connectivity index (χ2v) is 6.51. The molecule has 6 nitrogen and oxygen atoms in total. The Balaban J connectivity index is 1.86. The molecule has 142 valence electrons. The van der Waals surface area contributed by atoms with Crippen LogP contribution in [0.15, 0.2) is 42.5 Å². The van der Waals surface area contributed by atoms with Crippen molar-refractivity contribution >= 4 is 23.5 Å². The summed E-state index contributed by atoms with van der Waals surface area (Å²) >= 11 is 0. The third-order valence-corrected chi connectivity index (χ3v) is 4.17. The maximum atomic E-state index is 12.2.